The summed E-state index contributed by atoms with van der Waals surface area (Å²) in [5.41, 5.74) is 3.69. The molecule has 1 saturated carbocycles. The van der Waals surface area contributed by atoms with E-state index in [9.17, 15) is 4.79 Å². The number of hydrogen-bond acceptors (Lipinski definition) is 7. The van der Waals surface area contributed by atoms with Crippen molar-refractivity contribution in [1.29, 1.82) is 0 Å². The van der Waals surface area contributed by atoms with Crippen LogP contribution in [0.25, 0.3) is 5.69 Å². The third kappa shape index (κ3) is 4.84. The Morgan fingerprint density at radius 3 is 2.72 bits per heavy atom. The van der Waals surface area contributed by atoms with E-state index in [0.717, 1.165) is 35.0 Å². The van der Waals surface area contributed by atoms with Crippen molar-refractivity contribution >= 4 is 11.6 Å². The first-order valence-corrected chi connectivity index (χ1v) is 10.8. The Bertz CT molecular complexity index is 1210. The average Bonchev–Trinajstić information content (AvgIpc) is 3.37. The minimum Gasteiger partial charge on any atom is -0.475 e. The molecule has 2 aromatic heterocycles. The first kappa shape index (κ1) is 21.7. The van der Waals surface area contributed by atoms with Crippen LogP contribution in [0.4, 0.5) is 0 Å². The number of aromatic nitrogens is 6. The largest absolute Gasteiger partial charge is 0.475 e. The lowest BCUT2D eigenvalue weighted by atomic mass is 10.1. The molecule has 3 aromatic rings. The molecule has 1 aromatic carbocycles. The first-order chi connectivity index (χ1) is 15.5. The van der Waals surface area contributed by atoms with Crippen molar-refractivity contribution in [3.05, 3.63) is 57.8 Å². The van der Waals surface area contributed by atoms with Crippen molar-refractivity contribution in [3.63, 3.8) is 0 Å². The van der Waals surface area contributed by atoms with Gasteiger partial charge in [0, 0.05) is 31.8 Å². The Balaban J connectivity index is 1.49. The summed E-state index contributed by atoms with van der Waals surface area (Å²) in [5, 5.41) is 21.0. The molecule has 4 rings (SSSR count). The topological polar surface area (TPSA) is 104 Å². The van der Waals surface area contributed by atoms with Crippen LogP contribution in [-0.2, 0) is 24.9 Å². The summed E-state index contributed by atoms with van der Waals surface area (Å²) in [7, 11) is 1.56. The van der Waals surface area contributed by atoms with Crippen molar-refractivity contribution in [3.8, 4) is 5.69 Å². The van der Waals surface area contributed by atoms with Crippen molar-refractivity contribution in [2.75, 3.05) is 0 Å². The standard InChI is InChI=1S/C22H28N8O2/c1-5-21(24-23-16(3)19-11-12-29(25-19)13-17-9-10-17)32-14-18-15(2)7-6-8-20(18)30-22(31)28(4)26-27-30/h6-8,11-12,17H,5,9-10,13-14H2,1-4H3. The van der Waals surface area contributed by atoms with Crippen molar-refractivity contribution in [2.45, 2.75) is 53.2 Å². The highest BCUT2D eigenvalue weighted by atomic mass is 16.5. The zero-order chi connectivity index (χ0) is 22.7. The monoisotopic (exact) mass is 436 g/mol. The normalized spacial score (nSPS) is 14.8. The Hall–Kier alpha value is -3.56. The zero-order valence-corrected chi connectivity index (χ0v) is 18.9. The number of nitrogens with zero attached hydrogens (tertiary/aromatic N) is 8. The number of aryl methyl sites for hydroxylation is 2. The highest BCUT2D eigenvalue weighted by molar-refractivity contribution is 5.97. The fourth-order valence-corrected chi connectivity index (χ4v) is 3.30. The van der Waals surface area contributed by atoms with Crippen LogP contribution < -0.4 is 5.69 Å². The maximum absolute atomic E-state index is 12.3. The van der Waals surface area contributed by atoms with Crippen molar-refractivity contribution < 1.29 is 4.74 Å². The van der Waals surface area contributed by atoms with E-state index in [1.165, 1.54) is 22.2 Å². The second-order valence-electron chi connectivity index (χ2n) is 8.06. The molecule has 1 fully saturated rings. The van der Waals surface area contributed by atoms with Crippen molar-refractivity contribution in [1.82, 2.24) is 29.6 Å². The molecule has 0 aliphatic heterocycles. The Labute approximate surface area is 186 Å². The third-order valence-electron chi connectivity index (χ3n) is 5.49. The average molecular weight is 437 g/mol. The predicted octanol–water partition coefficient (Wildman–Crippen LogP) is 2.63. The molecule has 0 N–H and O–H groups in total. The van der Waals surface area contributed by atoms with Gasteiger partial charge in [0.25, 0.3) is 0 Å². The van der Waals surface area contributed by atoms with Gasteiger partial charge in [-0.15, -0.1) is 5.10 Å². The third-order valence-corrected chi connectivity index (χ3v) is 5.49. The highest BCUT2D eigenvalue weighted by Crippen LogP contribution is 2.30. The number of benzene rings is 1. The van der Waals surface area contributed by atoms with Gasteiger partial charge in [0.15, 0.2) is 0 Å². The van der Waals surface area contributed by atoms with Crippen LogP contribution in [0, 0.1) is 12.8 Å². The summed E-state index contributed by atoms with van der Waals surface area (Å²) in [6.45, 7) is 7.02. The van der Waals surface area contributed by atoms with Gasteiger partial charge in [0.05, 0.1) is 11.4 Å². The van der Waals surface area contributed by atoms with Gasteiger partial charge in [0.1, 0.15) is 12.3 Å². The number of hydrogen-bond donors (Lipinski definition) is 0. The van der Waals surface area contributed by atoms with Crippen molar-refractivity contribution in [2.24, 2.45) is 23.2 Å². The van der Waals surface area contributed by atoms with Gasteiger partial charge < -0.3 is 4.74 Å². The second-order valence-corrected chi connectivity index (χ2v) is 8.06. The predicted molar refractivity (Wildman–Crippen MR) is 121 cm³/mol. The minimum atomic E-state index is -0.317. The first-order valence-electron chi connectivity index (χ1n) is 10.8. The number of rotatable bonds is 8. The van der Waals surface area contributed by atoms with Gasteiger partial charge in [-0.1, -0.05) is 19.1 Å². The van der Waals surface area contributed by atoms with E-state index < -0.39 is 0 Å². The fraction of sp³-hybridized carbons (Fsp3) is 0.455. The molecular weight excluding hydrogens is 408 g/mol. The minimum absolute atomic E-state index is 0.238. The number of ether oxygens (including phenoxy) is 1. The molecule has 10 nitrogen and oxygen atoms in total. The van der Waals surface area contributed by atoms with E-state index in [1.807, 2.05) is 55.9 Å². The molecule has 0 spiro atoms. The van der Waals surface area contributed by atoms with Crippen LogP contribution in [0.2, 0.25) is 0 Å². The van der Waals surface area contributed by atoms with E-state index in [-0.39, 0.29) is 12.3 Å². The quantitative estimate of drug-likeness (QED) is 0.307. The van der Waals surface area contributed by atoms with Gasteiger partial charge in [-0.2, -0.15) is 19.6 Å². The molecule has 2 heterocycles. The number of tetrazole rings is 1. The van der Waals surface area contributed by atoms with Gasteiger partial charge in [-0.05, 0) is 60.7 Å². The summed E-state index contributed by atoms with van der Waals surface area (Å²) in [4.78, 5) is 12.3. The molecule has 0 saturated heterocycles. The molecule has 0 amide bonds. The van der Waals surface area contributed by atoms with Crippen LogP contribution in [-0.4, -0.2) is 41.2 Å². The SMILES string of the molecule is CCC(=NN=C(C)c1ccn(CC2CC2)n1)OCc1c(C)cccc1-n1nnn(C)c1=O. The van der Waals surface area contributed by atoms with Crippen LogP contribution in [0.15, 0.2) is 45.5 Å². The van der Waals surface area contributed by atoms with Gasteiger partial charge >= 0.3 is 5.69 Å². The zero-order valence-electron chi connectivity index (χ0n) is 18.9. The summed E-state index contributed by atoms with van der Waals surface area (Å²) in [5.74, 6) is 1.27. The van der Waals surface area contributed by atoms with Crippen LogP contribution in [0.3, 0.4) is 0 Å². The van der Waals surface area contributed by atoms with Crippen LogP contribution >= 0.6 is 0 Å². The summed E-state index contributed by atoms with van der Waals surface area (Å²) >= 11 is 0. The maximum Gasteiger partial charge on any atom is 0.368 e. The fourth-order valence-electron chi connectivity index (χ4n) is 3.30. The molecule has 1 aliphatic carbocycles. The molecule has 10 heteroatoms. The van der Waals surface area contributed by atoms with E-state index >= 15 is 0 Å². The van der Waals surface area contributed by atoms with Crippen LogP contribution in [0.1, 0.15) is 49.9 Å². The molecular formula is C22H28N8O2. The Morgan fingerprint density at radius 2 is 2.03 bits per heavy atom. The summed E-state index contributed by atoms with van der Waals surface area (Å²) in [6.07, 6.45) is 5.15. The molecule has 1 aliphatic rings. The molecule has 168 valence electrons. The lowest BCUT2D eigenvalue weighted by Gasteiger charge is -2.13. The van der Waals surface area contributed by atoms with E-state index in [0.29, 0.717) is 18.0 Å². The van der Waals surface area contributed by atoms with E-state index in [1.54, 1.807) is 7.05 Å². The molecule has 0 bridgehead atoms. The molecule has 0 unspecified atom stereocenters. The van der Waals surface area contributed by atoms with E-state index in [2.05, 4.69) is 25.7 Å². The van der Waals surface area contributed by atoms with Crippen LogP contribution in [0.5, 0.6) is 0 Å². The van der Waals surface area contributed by atoms with Gasteiger partial charge in [0.2, 0.25) is 5.90 Å². The van der Waals surface area contributed by atoms with E-state index in [4.69, 9.17) is 4.74 Å². The lowest BCUT2D eigenvalue weighted by Crippen LogP contribution is -2.23. The smallest absolute Gasteiger partial charge is 0.368 e. The second kappa shape index (κ2) is 9.29. The lowest BCUT2D eigenvalue weighted by molar-refractivity contribution is 0.282. The molecule has 0 radical (unpaired) electrons. The highest BCUT2D eigenvalue weighted by Gasteiger charge is 2.22. The Kier molecular flexibility index (Phi) is 6.29. The van der Waals surface area contributed by atoms with Gasteiger partial charge in [-0.25, -0.2) is 4.79 Å². The molecule has 0 atom stereocenters. The van der Waals surface area contributed by atoms with Gasteiger partial charge in [-0.3, -0.25) is 4.68 Å². The summed E-state index contributed by atoms with van der Waals surface area (Å²) < 4.78 is 10.4. The molecule has 32 heavy (non-hydrogen) atoms. The Morgan fingerprint density at radius 1 is 1.22 bits per heavy atom. The maximum atomic E-state index is 12.3. The summed E-state index contributed by atoms with van der Waals surface area (Å²) in [6, 6.07) is 7.62.